The van der Waals surface area contributed by atoms with Gasteiger partial charge in [-0.3, -0.25) is 0 Å². The van der Waals surface area contributed by atoms with E-state index >= 15 is 0 Å². The smallest absolute Gasteiger partial charge is 0.0465 e. The molecule has 0 aliphatic carbocycles. The summed E-state index contributed by atoms with van der Waals surface area (Å²) < 4.78 is 0. The number of aliphatic hydroxyl groups is 1. The zero-order valence-electron chi connectivity index (χ0n) is 6.21. The third kappa shape index (κ3) is 2.50. The van der Waals surface area contributed by atoms with E-state index in [2.05, 4.69) is 17.5 Å². The maximum absolute atomic E-state index is 8.47. The fraction of sp³-hybridized carbons (Fsp3) is 0.750. The summed E-state index contributed by atoms with van der Waals surface area (Å²) in [4.78, 5) is 0. The van der Waals surface area contributed by atoms with Crippen molar-refractivity contribution in [2.24, 2.45) is 5.92 Å². The Hall–Kier alpha value is -0.340. The lowest BCUT2D eigenvalue weighted by Gasteiger charge is -1.97. The van der Waals surface area contributed by atoms with E-state index in [1.807, 2.05) is 0 Å². The SMILES string of the molecule is OCC/C=C\C1CCNC1. The second kappa shape index (κ2) is 4.47. The Labute approximate surface area is 61.9 Å². The van der Waals surface area contributed by atoms with Gasteiger partial charge in [-0.15, -0.1) is 0 Å². The number of hydrogen-bond donors (Lipinski definition) is 2. The molecule has 0 amide bonds. The average molecular weight is 141 g/mol. The van der Waals surface area contributed by atoms with Crippen molar-refractivity contribution in [2.45, 2.75) is 12.8 Å². The van der Waals surface area contributed by atoms with Gasteiger partial charge in [-0.1, -0.05) is 12.2 Å². The molecule has 0 spiro atoms. The molecule has 0 bridgehead atoms. The van der Waals surface area contributed by atoms with Crippen LogP contribution in [0.1, 0.15) is 12.8 Å². The lowest BCUT2D eigenvalue weighted by atomic mass is 10.1. The first-order valence-electron chi connectivity index (χ1n) is 3.91. The number of aliphatic hydroxyl groups excluding tert-OH is 1. The minimum atomic E-state index is 0.274. The molecule has 0 aromatic rings. The molecule has 2 nitrogen and oxygen atoms in total. The van der Waals surface area contributed by atoms with Gasteiger partial charge >= 0.3 is 0 Å². The molecule has 1 atom stereocenters. The Balaban J connectivity index is 2.10. The topological polar surface area (TPSA) is 32.3 Å². The van der Waals surface area contributed by atoms with Gasteiger partial charge in [0.2, 0.25) is 0 Å². The van der Waals surface area contributed by atoms with Gasteiger partial charge in [0.15, 0.2) is 0 Å². The lowest BCUT2D eigenvalue weighted by Crippen LogP contribution is -2.07. The molecular formula is C8H15NO. The zero-order chi connectivity index (χ0) is 7.23. The predicted molar refractivity (Wildman–Crippen MR) is 41.8 cm³/mol. The van der Waals surface area contributed by atoms with E-state index in [-0.39, 0.29) is 6.61 Å². The van der Waals surface area contributed by atoms with Crippen molar-refractivity contribution in [1.29, 1.82) is 0 Å². The molecule has 1 fully saturated rings. The lowest BCUT2D eigenvalue weighted by molar-refractivity contribution is 0.302. The summed E-state index contributed by atoms with van der Waals surface area (Å²) in [6.07, 6.45) is 6.33. The molecule has 2 heteroatoms. The molecule has 10 heavy (non-hydrogen) atoms. The van der Waals surface area contributed by atoms with Gasteiger partial charge in [0.25, 0.3) is 0 Å². The minimum Gasteiger partial charge on any atom is -0.396 e. The Morgan fingerprint density at radius 3 is 3.10 bits per heavy atom. The van der Waals surface area contributed by atoms with Crippen LogP contribution in [0.15, 0.2) is 12.2 Å². The van der Waals surface area contributed by atoms with Crippen LogP contribution in [0.4, 0.5) is 0 Å². The minimum absolute atomic E-state index is 0.274. The number of hydrogen-bond acceptors (Lipinski definition) is 2. The van der Waals surface area contributed by atoms with Crippen molar-refractivity contribution in [2.75, 3.05) is 19.7 Å². The summed E-state index contributed by atoms with van der Waals surface area (Å²) >= 11 is 0. The summed E-state index contributed by atoms with van der Waals surface area (Å²) in [7, 11) is 0. The van der Waals surface area contributed by atoms with E-state index in [9.17, 15) is 0 Å². The first kappa shape index (κ1) is 7.76. The highest BCUT2D eigenvalue weighted by atomic mass is 16.2. The Morgan fingerprint density at radius 2 is 2.50 bits per heavy atom. The van der Waals surface area contributed by atoms with E-state index in [0.29, 0.717) is 5.92 Å². The van der Waals surface area contributed by atoms with Gasteiger partial charge in [0.1, 0.15) is 0 Å². The Kier molecular flexibility index (Phi) is 3.47. The third-order valence-corrected chi connectivity index (χ3v) is 1.80. The largest absolute Gasteiger partial charge is 0.396 e. The van der Waals surface area contributed by atoms with E-state index in [1.165, 1.54) is 6.42 Å². The van der Waals surface area contributed by atoms with Crippen LogP contribution in [0.25, 0.3) is 0 Å². The average Bonchev–Trinajstić information content (AvgIpc) is 2.41. The molecule has 0 aromatic carbocycles. The molecule has 0 aromatic heterocycles. The zero-order valence-corrected chi connectivity index (χ0v) is 6.21. The summed E-state index contributed by atoms with van der Waals surface area (Å²) in [6, 6.07) is 0. The second-order valence-electron chi connectivity index (χ2n) is 2.69. The molecule has 1 heterocycles. The molecule has 1 aliphatic rings. The molecule has 1 unspecified atom stereocenters. The van der Waals surface area contributed by atoms with Gasteiger partial charge in [0.05, 0.1) is 0 Å². The highest BCUT2D eigenvalue weighted by Gasteiger charge is 2.09. The quantitative estimate of drug-likeness (QED) is 0.562. The van der Waals surface area contributed by atoms with Crippen LogP contribution in [0.5, 0.6) is 0 Å². The monoisotopic (exact) mass is 141 g/mol. The van der Waals surface area contributed by atoms with Gasteiger partial charge in [-0.25, -0.2) is 0 Å². The van der Waals surface area contributed by atoms with Crippen molar-refractivity contribution in [3.05, 3.63) is 12.2 Å². The van der Waals surface area contributed by atoms with E-state index in [0.717, 1.165) is 19.5 Å². The van der Waals surface area contributed by atoms with Crippen molar-refractivity contribution in [3.8, 4) is 0 Å². The molecule has 0 saturated carbocycles. The van der Waals surface area contributed by atoms with E-state index in [4.69, 9.17) is 5.11 Å². The highest BCUT2D eigenvalue weighted by molar-refractivity contribution is 4.92. The third-order valence-electron chi connectivity index (χ3n) is 1.80. The van der Waals surface area contributed by atoms with Crippen molar-refractivity contribution in [1.82, 2.24) is 5.32 Å². The van der Waals surface area contributed by atoms with Gasteiger partial charge in [0, 0.05) is 13.2 Å². The Morgan fingerprint density at radius 1 is 1.60 bits per heavy atom. The van der Waals surface area contributed by atoms with Gasteiger partial charge < -0.3 is 10.4 Å². The molecular weight excluding hydrogens is 126 g/mol. The van der Waals surface area contributed by atoms with Crippen LogP contribution in [0, 0.1) is 5.92 Å². The van der Waals surface area contributed by atoms with Crippen LogP contribution < -0.4 is 5.32 Å². The normalized spacial score (nSPS) is 26.3. The maximum atomic E-state index is 8.47. The van der Waals surface area contributed by atoms with Crippen LogP contribution in [0.2, 0.25) is 0 Å². The van der Waals surface area contributed by atoms with Crippen LogP contribution >= 0.6 is 0 Å². The van der Waals surface area contributed by atoms with Crippen LogP contribution in [-0.4, -0.2) is 24.8 Å². The van der Waals surface area contributed by atoms with Crippen molar-refractivity contribution in [3.63, 3.8) is 0 Å². The molecule has 58 valence electrons. The maximum Gasteiger partial charge on any atom is 0.0465 e. The van der Waals surface area contributed by atoms with Crippen molar-refractivity contribution >= 4 is 0 Å². The Bertz CT molecular complexity index is 106. The first-order valence-corrected chi connectivity index (χ1v) is 3.91. The van der Waals surface area contributed by atoms with Crippen LogP contribution in [-0.2, 0) is 0 Å². The van der Waals surface area contributed by atoms with Crippen molar-refractivity contribution < 1.29 is 5.11 Å². The second-order valence-corrected chi connectivity index (χ2v) is 2.69. The molecule has 1 saturated heterocycles. The summed E-state index contributed by atoms with van der Waals surface area (Å²) in [6.45, 7) is 2.53. The summed E-state index contributed by atoms with van der Waals surface area (Å²) in [5.41, 5.74) is 0. The number of nitrogens with one attached hydrogen (secondary N) is 1. The van der Waals surface area contributed by atoms with Crippen LogP contribution in [0.3, 0.4) is 0 Å². The van der Waals surface area contributed by atoms with E-state index < -0.39 is 0 Å². The predicted octanol–water partition coefficient (Wildman–Crippen LogP) is 0.534. The summed E-state index contributed by atoms with van der Waals surface area (Å²) in [5, 5.41) is 11.8. The molecule has 0 radical (unpaired) electrons. The fourth-order valence-corrected chi connectivity index (χ4v) is 1.20. The standard InChI is InChI=1S/C8H15NO/c10-6-2-1-3-8-4-5-9-7-8/h1,3,8-10H,2,4-7H2/b3-1-. The summed E-state index contributed by atoms with van der Waals surface area (Å²) in [5.74, 6) is 0.714. The van der Waals surface area contributed by atoms with Gasteiger partial charge in [-0.05, 0) is 25.3 Å². The first-order chi connectivity index (χ1) is 4.93. The number of rotatable bonds is 3. The molecule has 1 rings (SSSR count). The van der Waals surface area contributed by atoms with E-state index in [1.54, 1.807) is 0 Å². The molecule has 2 N–H and O–H groups in total. The van der Waals surface area contributed by atoms with Gasteiger partial charge in [-0.2, -0.15) is 0 Å². The fourth-order valence-electron chi connectivity index (χ4n) is 1.20. The highest BCUT2D eigenvalue weighted by Crippen LogP contribution is 2.08. The molecule has 1 aliphatic heterocycles.